The van der Waals surface area contributed by atoms with Crippen LogP contribution in [-0.2, 0) is 21.4 Å². The van der Waals surface area contributed by atoms with Crippen molar-refractivity contribution in [3.63, 3.8) is 0 Å². The number of hydrogen-bond donors (Lipinski definition) is 2. The normalized spacial score (nSPS) is 11.5. The van der Waals surface area contributed by atoms with Crippen LogP contribution in [0.15, 0.2) is 53.6 Å². The van der Waals surface area contributed by atoms with Crippen LogP contribution in [-0.4, -0.2) is 26.0 Å². The van der Waals surface area contributed by atoms with Gasteiger partial charge in [-0.15, -0.1) is 0 Å². The van der Waals surface area contributed by atoms with Crippen molar-refractivity contribution >= 4 is 32.5 Å². The number of nitrogens with zero attached hydrogens (tertiary/aromatic N) is 1. The molecule has 0 saturated carbocycles. The van der Waals surface area contributed by atoms with Gasteiger partial charge in [0.15, 0.2) is 0 Å². The first-order valence-corrected chi connectivity index (χ1v) is 9.39. The number of sulfonamides is 1. The van der Waals surface area contributed by atoms with Crippen molar-refractivity contribution in [2.75, 3.05) is 12.4 Å². The SMILES string of the molecule is COc1ccc(NC(=O)Cn2cc(C)c3ccccc32)cc1S(N)(=O)=O. The second kappa shape index (κ2) is 6.81. The van der Waals surface area contributed by atoms with Crippen LogP contribution in [0.3, 0.4) is 0 Å². The predicted octanol–water partition coefficient (Wildman–Crippen LogP) is 2.24. The summed E-state index contributed by atoms with van der Waals surface area (Å²) in [5.74, 6) is -0.159. The molecule has 136 valence electrons. The molecule has 3 aromatic rings. The number of para-hydroxylation sites is 1. The maximum Gasteiger partial charge on any atom is 0.244 e. The Labute approximate surface area is 151 Å². The van der Waals surface area contributed by atoms with Crippen molar-refractivity contribution in [3.8, 4) is 5.75 Å². The van der Waals surface area contributed by atoms with Gasteiger partial charge < -0.3 is 14.6 Å². The average Bonchev–Trinajstić information content (AvgIpc) is 2.90. The number of rotatable bonds is 5. The molecule has 1 amide bonds. The number of anilines is 1. The molecule has 3 N–H and O–H groups in total. The number of nitrogens with two attached hydrogens (primary N) is 1. The number of ether oxygens (including phenoxy) is 1. The highest BCUT2D eigenvalue weighted by molar-refractivity contribution is 7.89. The van der Waals surface area contributed by atoms with E-state index in [0.717, 1.165) is 16.5 Å². The van der Waals surface area contributed by atoms with E-state index in [-0.39, 0.29) is 23.1 Å². The molecule has 0 aliphatic carbocycles. The monoisotopic (exact) mass is 373 g/mol. The third-order valence-corrected chi connectivity index (χ3v) is 4.99. The second-order valence-corrected chi connectivity index (χ2v) is 7.45. The van der Waals surface area contributed by atoms with Crippen molar-refractivity contribution in [3.05, 3.63) is 54.2 Å². The van der Waals surface area contributed by atoms with Gasteiger partial charge in [-0.25, -0.2) is 13.6 Å². The highest BCUT2D eigenvalue weighted by Gasteiger charge is 2.16. The van der Waals surface area contributed by atoms with Gasteiger partial charge in [0.1, 0.15) is 17.2 Å². The van der Waals surface area contributed by atoms with Crippen LogP contribution in [0.4, 0.5) is 5.69 Å². The molecule has 1 heterocycles. The molecule has 8 heteroatoms. The molecule has 7 nitrogen and oxygen atoms in total. The molecule has 0 fully saturated rings. The minimum Gasteiger partial charge on any atom is -0.495 e. The Balaban J connectivity index is 1.84. The molecule has 0 aliphatic heterocycles. The van der Waals surface area contributed by atoms with Crippen LogP contribution in [0, 0.1) is 6.92 Å². The zero-order valence-corrected chi connectivity index (χ0v) is 15.2. The molecule has 26 heavy (non-hydrogen) atoms. The van der Waals surface area contributed by atoms with E-state index in [9.17, 15) is 13.2 Å². The molecule has 0 unspecified atom stereocenters. The number of nitrogens with one attached hydrogen (secondary N) is 1. The summed E-state index contributed by atoms with van der Waals surface area (Å²) in [6, 6.07) is 12.1. The quantitative estimate of drug-likeness (QED) is 0.716. The minimum atomic E-state index is -3.97. The fourth-order valence-electron chi connectivity index (χ4n) is 2.89. The maximum absolute atomic E-state index is 12.4. The van der Waals surface area contributed by atoms with Gasteiger partial charge in [0.25, 0.3) is 0 Å². The Hall–Kier alpha value is -2.84. The molecule has 0 radical (unpaired) electrons. The Bertz CT molecular complexity index is 1090. The number of primary sulfonamides is 1. The van der Waals surface area contributed by atoms with Crippen molar-refractivity contribution in [2.45, 2.75) is 18.4 Å². The van der Waals surface area contributed by atoms with Crippen molar-refractivity contribution < 1.29 is 17.9 Å². The summed E-state index contributed by atoms with van der Waals surface area (Å²) in [5.41, 5.74) is 2.36. The lowest BCUT2D eigenvalue weighted by molar-refractivity contribution is -0.116. The molecular formula is C18H19N3O4S. The maximum atomic E-state index is 12.4. The lowest BCUT2D eigenvalue weighted by Crippen LogP contribution is -2.19. The molecule has 1 aromatic heterocycles. The Morgan fingerprint density at radius 3 is 2.65 bits per heavy atom. The molecule has 0 aliphatic rings. The summed E-state index contributed by atoms with van der Waals surface area (Å²) in [5, 5.41) is 8.97. The predicted molar refractivity (Wildman–Crippen MR) is 99.7 cm³/mol. The first-order chi connectivity index (χ1) is 12.3. The van der Waals surface area contributed by atoms with Gasteiger partial charge in [0.05, 0.1) is 7.11 Å². The van der Waals surface area contributed by atoms with Crippen LogP contribution in [0.1, 0.15) is 5.56 Å². The van der Waals surface area contributed by atoms with E-state index >= 15 is 0 Å². The summed E-state index contributed by atoms with van der Waals surface area (Å²) < 4.78 is 30.2. The Morgan fingerprint density at radius 1 is 1.23 bits per heavy atom. The summed E-state index contributed by atoms with van der Waals surface area (Å²) in [6.45, 7) is 2.09. The van der Waals surface area contributed by atoms with Crippen molar-refractivity contribution in [1.29, 1.82) is 0 Å². The van der Waals surface area contributed by atoms with Crippen molar-refractivity contribution in [2.24, 2.45) is 5.14 Å². The van der Waals surface area contributed by atoms with Gasteiger partial charge in [-0.1, -0.05) is 18.2 Å². The fourth-order valence-corrected chi connectivity index (χ4v) is 3.62. The summed E-state index contributed by atoms with van der Waals surface area (Å²) in [4.78, 5) is 12.2. The second-order valence-electron chi connectivity index (χ2n) is 5.92. The summed E-state index contributed by atoms with van der Waals surface area (Å²) in [6.07, 6.45) is 1.91. The molecule has 3 rings (SSSR count). The number of hydrogen-bond acceptors (Lipinski definition) is 4. The minimum absolute atomic E-state index is 0.102. The van der Waals surface area contributed by atoms with Crippen LogP contribution < -0.4 is 15.2 Å². The van der Waals surface area contributed by atoms with Gasteiger partial charge >= 0.3 is 0 Å². The summed E-state index contributed by atoms with van der Waals surface area (Å²) in [7, 11) is -2.62. The highest BCUT2D eigenvalue weighted by Crippen LogP contribution is 2.26. The average molecular weight is 373 g/mol. The number of carbonyl (C=O) groups excluding carboxylic acids is 1. The molecule has 0 bridgehead atoms. The van der Waals surface area contributed by atoms with E-state index in [0.29, 0.717) is 5.69 Å². The lowest BCUT2D eigenvalue weighted by Gasteiger charge is -2.11. The number of amides is 1. The molecular weight excluding hydrogens is 354 g/mol. The third-order valence-electron chi connectivity index (χ3n) is 4.06. The van der Waals surface area contributed by atoms with E-state index in [1.807, 2.05) is 42.0 Å². The van der Waals surface area contributed by atoms with Gasteiger partial charge in [-0.05, 0) is 36.8 Å². The number of aryl methyl sites for hydroxylation is 1. The van der Waals surface area contributed by atoms with E-state index in [4.69, 9.17) is 9.88 Å². The van der Waals surface area contributed by atoms with E-state index in [1.165, 1.54) is 19.2 Å². The molecule has 0 atom stereocenters. The first-order valence-electron chi connectivity index (χ1n) is 7.85. The Kier molecular flexibility index (Phi) is 4.71. The first kappa shape index (κ1) is 18.0. The molecule has 0 saturated heterocycles. The van der Waals surface area contributed by atoms with Gasteiger partial charge in [-0.3, -0.25) is 4.79 Å². The number of benzene rings is 2. The van der Waals surface area contributed by atoms with Crippen LogP contribution in [0.5, 0.6) is 5.75 Å². The van der Waals surface area contributed by atoms with E-state index in [1.54, 1.807) is 6.07 Å². The van der Waals surface area contributed by atoms with E-state index < -0.39 is 10.0 Å². The highest BCUT2D eigenvalue weighted by atomic mass is 32.2. The molecule has 2 aromatic carbocycles. The van der Waals surface area contributed by atoms with Crippen LogP contribution >= 0.6 is 0 Å². The number of fused-ring (bicyclic) bond motifs is 1. The third kappa shape index (κ3) is 3.56. The van der Waals surface area contributed by atoms with E-state index in [2.05, 4.69) is 5.32 Å². The van der Waals surface area contributed by atoms with Gasteiger partial charge in [0, 0.05) is 22.8 Å². The smallest absolute Gasteiger partial charge is 0.244 e. The summed E-state index contributed by atoms with van der Waals surface area (Å²) >= 11 is 0. The zero-order valence-electron chi connectivity index (χ0n) is 14.4. The topological polar surface area (TPSA) is 103 Å². The zero-order chi connectivity index (χ0) is 18.9. The lowest BCUT2D eigenvalue weighted by atomic mass is 10.2. The fraction of sp³-hybridized carbons (Fsp3) is 0.167. The number of aromatic nitrogens is 1. The number of methoxy groups -OCH3 is 1. The van der Waals surface area contributed by atoms with Gasteiger partial charge in [-0.2, -0.15) is 0 Å². The standard InChI is InChI=1S/C18H19N3O4S/c1-12-10-21(15-6-4-3-5-14(12)15)11-18(22)20-13-7-8-16(25-2)17(9-13)26(19,23)24/h3-10H,11H2,1-2H3,(H,20,22)(H2,19,23,24). The Morgan fingerprint density at radius 2 is 1.96 bits per heavy atom. The van der Waals surface area contributed by atoms with Gasteiger partial charge in [0.2, 0.25) is 15.9 Å². The number of carbonyl (C=O) groups is 1. The largest absolute Gasteiger partial charge is 0.495 e. The molecule has 0 spiro atoms. The van der Waals surface area contributed by atoms with Crippen molar-refractivity contribution in [1.82, 2.24) is 4.57 Å². The van der Waals surface area contributed by atoms with Crippen LogP contribution in [0.25, 0.3) is 10.9 Å². The van der Waals surface area contributed by atoms with Crippen LogP contribution in [0.2, 0.25) is 0 Å².